The van der Waals surface area contributed by atoms with E-state index in [2.05, 4.69) is 5.32 Å². The van der Waals surface area contributed by atoms with Gasteiger partial charge in [-0.3, -0.25) is 4.79 Å². The Labute approximate surface area is 177 Å². The number of sulfonamides is 1. The van der Waals surface area contributed by atoms with E-state index in [1.165, 1.54) is 36.4 Å². The van der Waals surface area contributed by atoms with Crippen LogP contribution in [0.15, 0.2) is 53.4 Å². The lowest BCUT2D eigenvalue weighted by Gasteiger charge is -2.29. The minimum absolute atomic E-state index is 0.0871. The number of alkyl halides is 3. The van der Waals surface area contributed by atoms with Crippen LogP contribution in [0.25, 0.3) is 0 Å². The van der Waals surface area contributed by atoms with E-state index in [0.717, 1.165) is 16.4 Å². The van der Waals surface area contributed by atoms with Crippen molar-refractivity contribution in [2.45, 2.75) is 42.9 Å². The van der Waals surface area contributed by atoms with Gasteiger partial charge in [0.2, 0.25) is 15.9 Å². The SMILES string of the molecule is O=C1NCCCC[C@H]1N(Cc1cccc(C(F)(F)F)c1)S(=O)(=O)c1ccc(Cl)cc1. The predicted molar refractivity (Wildman–Crippen MR) is 106 cm³/mol. The van der Waals surface area contributed by atoms with Gasteiger partial charge in [0.15, 0.2) is 0 Å². The first-order valence-electron chi connectivity index (χ1n) is 9.30. The number of benzene rings is 2. The van der Waals surface area contributed by atoms with Crippen LogP contribution >= 0.6 is 11.6 Å². The van der Waals surface area contributed by atoms with Gasteiger partial charge >= 0.3 is 6.18 Å². The van der Waals surface area contributed by atoms with Gasteiger partial charge in [0.25, 0.3) is 0 Å². The van der Waals surface area contributed by atoms with Gasteiger partial charge in [-0.2, -0.15) is 17.5 Å². The molecule has 1 atom stereocenters. The maximum Gasteiger partial charge on any atom is 0.416 e. The molecular weight excluding hydrogens is 441 g/mol. The highest BCUT2D eigenvalue weighted by molar-refractivity contribution is 7.89. The zero-order chi connectivity index (χ0) is 21.9. The van der Waals surface area contributed by atoms with Gasteiger partial charge in [-0.15, -0.1) is 0 Å². The van der Waals surface area contributed by atoms with Gasteiger partial charge in [-0.05, 0) is 55.2 Å². The van der Waals surface area contributed by atoms with Gasteiger partial charge in [0, 0.05) is 18.1 Å². The average Bonchev–Trinajstić information content (AvgIpc) is 2.90. The van der Waals surface area contributed by atoms with Crippen LogP contribution in [0, 0.1) is 0 Å². The summed E-state index contributed by atoms with van der Waals surface area (Å²) in [5.74, 6) is -0.461. The zero-order valence-electron chi connectivity index (χ0n) is 15.8. The second-order valence-corrected chi connectivity index (χ2v) is 9.33. The van der Waals surface area contributed by atoms with Gasteiger partial charge in [0.05, 0.1) is 10.5 Å². The fourth-order valence-electron chi connectivity index (χ4n) is 3.33. The molecule has 1 N–H and O–H groups in total. The third kappa shape index (κ3) is 5.14. The Morgan fingerprint density at radius 2 is 1.80 bits per heavy atom. The van der Waals surface area contributed by atoms with Crippen molar-refractivity contribution in [2.24, 2.45) is 0 Å². The molecule has 1 amide bonds. The molecule has 5 nitrogen and oxygen atoms in total. The summed E-state index contributed by atoms with van der Waals surface area (Å²) in [6.07, 6.45) is -2.98. The minimum atomic E-state index is -4.56. The van der Waals surface area contributed by atoms with Crippen molar-refractivity contribution in [3.63, 3.8) is 0 Å². The number of hydrogen-bond donors (Lipinski definition) is 1. The predicted octanol–water partition coefficient (Wildman–Crippen LogP) is 4.22. The zero-order valence-corrected chi connectivity index (χ0v) is 17.4. The molecule has 10 heteroatoms. The molecule has 30 heavy (non-hydrogen) atoms. The molecule has 0 saturated carbocycles. The van der Waals surface area contributed by atoms with Crippen LogP contribution in [0.1, 0.15) is 30.4 Å². The number of hydrogen-bond acceptors (Lipinski definition) is 3. The fourth-order valence-corrected chi connectivity index (χ4v) is 5.06. The van der Waals surface area contributed by atoms with Gasteiger partial charge in [-0.25, -0.2) is 8.42 Å². The average molecular weight is 461 g/mol. The van der Waals surface area contributed by atoms with E-state index in [1.807, 2.05) is 0 Å². The Bertz CT molecular complexity index is 1010. The molecule has 1 heterocycles. The van der Waals surface area contributed by atoms with Crippen molar-refractivity contribution >= 4 is 27.5 Å². The summed E-state index contributed by atoms with van der Waals surface area (Å²) in [6.45, 7) is 0.0562. The second-order valence-electron chi connectivity index (χ2n) is 7.00. The molecule has 162 valence electrons. The lowest BCUT2D eigenvalue weighted by atomic mass is 10.1. The van der Waals surface area contributed by atoms with E-state index in [1.54, 1.807) is 0 Å². The van der Waals surface area contributed by atoms with Crippen LogP contribution in [0.2, 0.25) is 5.02 Å². The Hall–Kier alpha value is -2.10. The molecule has 0 bridgehead atoms. The lowest BCUT2D eigenvalue weighted by molar-refractivity contribution is -0.137. The van der Waals surface area contributed by atoms with Gasteiger partial charge in [-0.1, -0.05) is 29.8 Å². The summed E-state index contributed by atoms with van der Waals surface area (Å²) in [5, 5.41) is 3.02. The normalized spacial score (nSPS) is 18.2. The number of amides is 1. The molecular formula is C20H20ClF3N2O3S. The number of rotatable bonds is 5. The van der Waals surface area contributed by atoms with Crippen LogP contribution in [0.3, 0.4) is 0 Å². The molecule has 0 aromatic heterocycles. The number of carbonyl (C=O) groups excluding carboxylic acids is 1. The van der Waals surface area contributed by atoms with Crippen molar-refractivity contribution in [3.8, 4) is 0 Å². The van der Waals surface area contributed by atoms with Crippen molar-refractivity contribution in [1.29, 1.82) is 0 Å². The molecule has 3 rings (SSSR count). The molecule has 0 unspecified atom stereocenters. The highest BCUT2D eigenvalue weighted by atomic mass is 35.5. The van der Waals surface area contributed by atoms with Crippen LogP contribution in [-0.4, -0.2) is 31.2 Å². The molecule has 0 radical (unpaired) electrons. The molecule has 1 aliphatic rings. The number of nitrogens with one attached hydrogen (secondary N) is 1. The molecule has 2 aromatic rings. The monoisotopic (exact) mass is 460 g/mol. The Morgan fingerprint density at radius 1 is 1.10 bits per heavy atom. The second kappa shape index (κ2) is 8.95. The van der Waals surface area contributed by atoms with Crippen LogP contribution < -0.4 is 5.32 Å². The summed E-state index contributed by atoms with van der Waals surface area (Å²) in [5.41, 5.74) is -0.742. The van der Waals surface area contributed by atoms with Gasteiger partial charge < -0.3 is 5.32 Å². The molecule has 0 aliphatic carbocycles. The third-order valence-electron chi connectivity index (χ3n) is 4.87. The van der Waals surface area contributed by atoms with Crippen molar-refractivity contribution < 1.29 is 26.4 Å². The maximum atomic E-state index is 13.4. The summed E-state index contributed by atoms with van der Waals surface area (Å²) in [4.78, 5) is 12.5. The summed E-state index contributed by atoms with van der Waals surface area (Å²) in [7, 11) is -4.18. The number of halogens is 4. The smallest absolute Gasteiger partial charge is 0.355 e. The van der Waals surface area contributed by atoms with E-state index in [9.17, 15) is 26.4 Å². The largest absolute Gasteiger partial charge is 0.416 e. The maximum absolute atomic E-state index is 13.4. The Morgan fingerprint density at radius 3 is 2.47 bits per heavy atom. The van der Waals surface area contributed by atoms with Crippen LogP contribution in [-0.2, 0) is 27.5 Å². The van der Waals surface area contributed by atoms with Crippen molar-refractivity contribution in [2.75, 3.05) is 6.54 Å². The van der Waals surface area contributed by atoms with E-state index >= 15 is 0 Å². The summed E-state index contributed by atoms with van der Waals surface area (Å²) in [6, 6.07) is 8.86. The first kappa shape index (κ1) is 22.6. The fraction of sp³-hybridized carbons (Fsp3) is 0.350. The molecule has 1 fully saturated rings. The summed E-state index contributed by atoms with van der Waals surface area (Å²) < 4.78 is 67.0. The first-order chi connectivity index (χ1) is 14.1. The minimum Gasteiger partial charge on any atom is -0.355 e. The topological polar surface area (TPSA) is 66.5 Å². The quantitative estimate of drug-likeness (QED) is 0.726. The molecule has 2 aromatic carbocycles. The van der Waals surface area contributed by atoms with Crippen LogP contribution in [0.5, 0.6) is 0 Å². The van der Waals surface area contributed by atoms with E-state index in [4.69, 9.17) is 11.6 Å². The Kier molecular flexibility index (Phi) is 6.74. The van der Waals surface area contributed by atoms with Crippen LogP contribution in [0.4, 0.5) is 13.2 Å². The lowest BCUT2D eigenvalue weighted by Crippen LogP contribution is -2.48. The standard InChI is InChI=1S/C20H20ClF3N2O3S/c21-16-7-9-17(10-8-16)30(28,29)26(18-6-1-2-11-25-19(18)27)13-14-4-3-5-15(12-14)20(22,23)24/h3-5,7-10,12,18H,1-2,6,11,13H2,(H,25,27)/t18-/m1/s1. The molecule has 0 spiro atoms. The third-order valence-corrected chi connectivity index (χ3v) is 6.99. The van der Waals surface area contributed by atoms with E-state index in [-0.39, 0.29) is 23.4 Å². The summed E-state index contributed by atoms with van der Waals surface area (Å²) >= 11 is 5.85. The van der Waals surface area contributed by atoms with E-state index < -0.39 is 33.7 Å². The number of carbonyl (C=O) groups is 1. The first-order valence-corrected chi connectivity index (χ1v) is 11.1. The Balaban J connectivity index is 2.04. The molecule has 1 saturated heterocycles. The highest BCUT2D eigenvalue weighted by Gasteiger charge is 2.37. The van der Waals surface area contributed by atoms with E-state index in [0.29, 0.717) is 24.4 Å². The molecule has 1 aliphatic heterocycles. The number of nitrogens with zero attached hydrogens (tertiary/aromatic N) is 1. The van der Waals surface area contributed by atoms with Crippen molar-refractivity contribution in [1.82, 2.24) is 9.62 Å². The van der Waals surface area contributed by atoms with Gasteiger partial charge in [0.1, 0.15) is 6.04 Å². The van der Waals surface area contributed by atoms with Crippen molar-refractivity contribution in [3.05, 3.63) is 64.7 Å². The highest BCUT2D eigenvalue weighted by Crippen LogP contribution is 2.31.